The molecule has 0 spiro atoms. The van der Waals surface area contributed by atoms with Gasteiger partial charge in [-0.05, 0) is 36.6 Å². The van der Waals surface area contributed by atoms with Crippen LogP contribution >= 0.6 is 11.6 Å². The summed E-state index contributed by atoms with van der Waals surface area (Å²) in [6.07, 6.45) is 0.691. The van der Waals surface area contributed by atoms with Gasteiger partial charge in [-0.2, -0.15) is 0 Å². The smallest absolute Gasteiger partial charge is 0.297 e. The van der Waals surface area contributed by atoms with Crippen LogP contribution in [-0.2, 0) is 16.0 Å². The quantitative estimate of drug-likeness (QED) is 0.698. The van der Waals surface area contributed by atoms with Gasteiger partial charge in [0.25, 0.3) is 5.78 Å². The number of hydrogen-bond acceptors (Lipinski definition) is 2. The van der Waals surface area contributed by atoms with Crippen LogP contribution in [0.15, 0.2) is 41.4 Å². The van der Waals surface area contributed by atoms with E-state index in [1.165, 1.54) is 0 Å². The van der Waals surface area contributed by atoms with Crippen molar-refractivity contribution in [1.82, 2.24) is 4.90 Å². The van der Waals surface area contributed by atoms with Crippen molar-refractivity contribution in [1.29, 1.82) is 0 Å². The lowest BCUT2D eigenvalue weighted by molar-refractivity contribution is -0.141. The number of rotatable bonds is 0. The van der Waals surface area contributed by atoms with E-state index in [1.807, 2.05) is 38.1 Å². The van der Waals surface area contributed by atoms with Crippen LogP contribution in [0.5, 0.6) is 0 Å². The van der Waals surface area contributed by atoms with E-state index in [2.05, 4.69) is 12.1 Å². The predicted molar refractivity (Wildman–Crippen MR) is 86.4 cm³/mol. The molecule has 2 aliphatic heterocycles. The first-order chi connectivity index (χ1) is 10.4. The normalized spacial score (nSPS) is 19.7. The Bertz CT molecular complexity index is 895. The number of amides is 1. The summed E-state index contributed by atoms with van der Waals surface area (Å²) in [5.41, 5.74) is 2.13. The number of Topliss-reactive ketones (excluding diaryl/α,β-unsaturated/α-hetero) is 1. The van der Waals surface area contributed by atoms with Crippen molar-refractivity contribution in [3.05, 3.63) is 52.6 Å². The molecule has 0 saturated carbocycles. The molecule has 1 amide bonds. The molecule has 22 heavy (non-hydrogen) atoms. The van der Waals surface area contributed by atoms with Gasteiger partial charge in [0.15, 0.2) is 0 Å². The Hall–Kier alpha value is -2.13. The molecule has 4 heteroatoms. The van der Waals surface area contributed by atoms with Crippen LogP contribution in [0.3, 0.4) is 0 Å². The highest BCUT2D eigenvalue weighted by molar-refractivity contribution is 6.63. The summed E-state index contributed by atoms with van der Waals surface area (Å²) in [5.74, 6) is -1.13. The minimum atomic E-state index is -0.606. The Balaban J connectivity index is 2.11. The molecule has 0 saturated heterocycles. The van der Waals surface area contributed by atoms with Crippen molar-refractivity contribution < 1.29 is 9.59 Å². The number of halogens is 1. The molecule has 0 aromatic heterocycles. The summed E-state index contributed by atoms with van der Waals surface area (Å²) in [6, 6.07) is 12.1. The summed E-state index contributed by atoms with van der Waals surface area (Å²) in [5, 5.41) is 2.34. The zero-order chi connectivity index (χ0) is 15.6. The number of carbonyl (C=O) groups is 2. The Morgan fingerprint density at radius 2 is 1.82 bits per heavy atom. The van der Waals surface area contributed by atoms with E-state index in [0.717, 1.165) is 21.9 Å². The first kappa shape index (κ1) is 13.5. The van der Waals surface area contributed by atoms with Crippen molar-refractivity contribution in [2.45, 2.75) is 25.8 Å². The second-order valence-electron chi connectivity index (χ2n) is 6.43. The minimum absolute atomic E-state index is 0.0364. The number of carbonyl (C=O) groups excluding carboxylic acids is 2. The standard InChI is InChI=1S/C18H14ClNO2/c1-18(2)9-13-11-6-4-3-5-10(11)7-8-12(13)15-14(19)16(21)17(22)20(15)18/h3-8H,9H2,1-2H3. The SMILES string of the molecule is CC1(C)Cc2c(ccc3ccccc23)C2=C(Cl)C(=O)C(=O)N21. The number of hydrogen-bond donors (Lipinski definition) is 0. The maximum atomic E-state index is 12.3. The average molecular weight is 312 g/mol. The van der Waals surface area contributed by atoms with Crippen molar-refractivity contribution in [3.63, 3.8) is 0 Å². The molecule has 0 unspecified atom stereocenters. The molecule has 3 nitrogen and oxygen atoms in total. The maximum absolute atomic E-state index is 12.3. The second kappa shape index (κ2) is 4.20. The third-order valence-electron chi connectivity index (χ3n) is 4.54. The fraction of sp³-hybridized carbons (Fsp3) is 0.222. The molecule has 4 rings (SSSR count). The van der Waals surface area contributed by atoms with Gasteiger partial charge in [-0.1, -0.05) is 48.0 Å². The number of nitrogens with zero attached hydrogens (tertiary/aromatic N) is 1. The zero-order valence-corrected chi connectivity index (χ0v) is 13.1. The van der Waals surface area contributed by atoms with Gasteiger partial charge >= 0.3 is 5.91 Å². The van der Waals surface area contributed by atoms with E-state index in [9.17, 15) is 9.59 Å². The first-order valence-electron chi connectivity index (χ1n) is 7.21. The van der Waals surface area contributed by atoms with Gasteiger partial charge in [0.2, 0.25) is 0 Å². The van der Waals surface area contributed by atoms with Gasteiger partial charge in [-0.15, -0.1) is 0 Å². The van der Waals surface area contributed by atoms with Gasteiger partial charge in [0.05, 0.1) is 5.70 Å². The van der Waals surface area contributed by atoms with Crippen molar-refractivity contribution in [3.8, 4) is 0 Å². The topological polar surface area (TPSA) is 37.4 Å². The molecular weight excluding hydrogens is 298 g/mol. The summed E-state index contributed by atoms with van der Waals surface area (Å²) >= 11 is 6.20. The number of benzene rings is 2. The Morgan fingerprint density at radius 3 is 2.59 bits per heavy atom. The molecule has 2 aliphatic rings. The molecule has 0 N–H and O–H groups in total. The Kier molecular flexibility index (Phi) is 2.58. The number of fused-ring (bicyclic) bond motifs is 5. The summed E-state index contributed by atoms with van der Waals surface area (Å²) in [7, 11) is 0. The third-order valence-corrected chi connectivity index (χ3v) is 4.89. The van der Waals surface area contributed by atoms with Crippen LogP contribution in [0.2, 0.25) is 0 Å². The minimum Gasteiger partial charge on any atom is -0.297 e. The molecule has 0 aliphatic carbocycles. The van der Waals surface area contributed by atoms with E-state index in [0.29, 0.717) is 12.1 Å². The number of ketones is 1. The lowest BCUT2D eigenvalue weighted by Gasteiger charge is -2.42. The van der Waals surface area contributed by atoms with Crippen LogP contribution in [0.1, 0.15) is 25.0 Å². The van der Waals surface area contributed by atoms with E-state index in [-0.39, 0.29) is 5.03 Å². The highest BCUT2D eigenvalue weighted by Gasteiger charge is 2.49. The molecule has 2 aromatic carbocycles. The Morgan fingerprint density at radius 1 is 1.09 bits per heavy atom. The monoisotopic (exact) mass is 311 g/mol. The third kappa shape index (κ3) is 1.57. The van der Waals surface area contributed by atoms with Gasteiger partial charge in [-0.3, -0.25) is 14.5 Å². The van der Waals surface area contributed by atoms with Gasteiger partial charge in [-0.25, -0.2) is 0 Å². The molecule has 0 fully saturated rings. The van der Waals surface area contributed by atoms with Crippen LogP contribution in [0.25, 0.3) is 16.5 Å². The average Bonchev–Trinajstić information content (AvgIpc) is 2.72. The summed E-state index contributed by atoms with van der Waals surface area (Å²) in [6.45, 7) is 3.94. The van der Waals surface area contributed by atoms with Gasteiger partial charge in [0, 0.05) is 11.1 Å². The first-order valence-corrected chi connectivity index (χ1v) is 7.59. The Labute approximate surface area is 133 Å². The summed E-state index contributed by atoms with van der Waals surface area (Å²) in [4.78, 5) is 25.9. The second-order valence-corrected chi connectivity index (χ2v) is 6.81. The zero-order valence-electron chi connectivity index (χ0n) is 12.3. The van der Waals surface area contributed by atoms with Crippen LogP contribution in [0.4, 0.5) is 0 Å². The van der Waals surface area contributed by atoms with Crippen LogP contribution in [-0.4, -0.2) is 22.1 Å². The molecular formula is C18H14ClNO2. The highest BCUT2D eigenvalue weighted by atomic mass is 35.5. The molecule has 0 atom stereocenters. The highest BCUT2D eigenvalue weighted by Crippen LogP contribution is 2.46. The van der Waals surface area contributed by atoms with Crippen LogP contribution in [0, 0.1) is 0 Å². The van der Waals surface area contributed by atoms with Crippen molar-refractivity contribution in [2.24, 2.45) is 0 Å². The molecule has 110 valence electrons. The van der Waals surface area contributed by atoms with Crippen molar-refractivity contribution >= 4 is 39.8 Å². The lowest BCUT2D eigenvalue weighted by atomic mass is 9.82. The van der Waals surface area contributed by atoms with E-state index < -0.39 is 17.2 Å². The van der Waals surface area contributed by atoms with Crippen LogP contribution < -0.4 is 0 Å². The maximum Gasteiger partial charge on any atom is 0.300 e. The van der Waals surface area contributed by atoms with Gasteiger partial charge in [0.1, 0.15) is 5.03 Å². The lowest BCUT2D eigenvalue weighted by Crippen LogP contribution is -2.49. The largest absolute Gasteiger partial charge is 0.300 e. The van der Waals surface area contributed by atoms with Gasteiger partial charge < -0.3 is 0 Å². The van der Waals surface area contributed by atoms with Crippen molar-refractivity contribution in [2.75, 3.05) is 0 Å². The fourth-order valence-corrected chi connectivity index (χ4v) is 3.85. The molecule has 0 radical (unpaired) electrons. The molecule has 2 aromatic rings. The van der Waals surface area contributed by atoms with E-state index >= 15 is 0 Å². The summed E-state index contributed by atoms with van der Waals surface area (Å²) < 4.78 is 0. The predicted octanol–water partition coefficient (Wildman–Crippen LogP) is 3.49. The molecule has 2 heterocycles. The fourth-order valence-electron chi connectivity index (χ4n) is 3.58. The molecule has 0 bridgehead atoms. The van der Waals surface area contributed by atoms with E-state index in [1.54, 1.807) is 4.90 Å². The van der Waals surface area contributed by atoms with E-state index in [4.69, 9.17) is 11.6 Å².